The monoisotopic (exact) mass is 480 g/mol. The van der Waals surface area contributed by atoms with E-state index in [1.54, 1.807) is 24.3 Å². The molecule has 1 heterocycles. The number of hydrazone groups is 1. The van der Waals surface area contributed by atoms with E-state index >= 15 is 0 Å². The number of ether oxygens (including phenoxy) is 1. The van der Waals surface area contributed by atoms with E-state index in [1.165, 1.54) is 6.21 Å². The molecule has 0 saturated carbocycles. The molecule has 1 amide bonds. The van der Waals surface area contributed by atoms with Crippen LogP contribution in [0.3, 0.4) is 0 Å². The number of fused-ring (bicyclic) bond motifs is 1. The van der Waals surface area contributed by atoms with Gasteiger partial charge in [0.25, 0.3) is 0 Å². The predicted octanol–water partition coefficient (Wildman–Crippen LogP) is 4.83. The van der Waals surface area contributed by atoms with Crippen molar-refractivity contribution >= 4 is 55.0 Å². The van der Waals surface area contributed by atoms with Crippen LogP contribution in [-0.2, 0) is 0 Å². The van der Waals surface area contributed by atoms with Crippen LogP contribution >= 0.6 is 31.9 Å². The first kappa shape index (κ1) is 18.5. The molecule has 0 aliphatic heterocycles. The highest BCUT2D eigenvalue weighted by atomic mass is 79.9. The Morgan fingerprint density at radius 3 is 2.88 bits per heavy atom. The molecule has 26 heavy (non-hydrogen) atoms. The topological polar surface area (TPSA) is 84.1 Å². The summed E-state index contributed by atoms with van der Waals surface area (Å²) >= 11 is 6.63. The number of furan rings is 1. The van der Waals surface area contributed by atoms with Gasteiger partial charge in [0.05, 0.1) is 17.3 Å². The molecule has 0 aliphatic carbocycles. The van der Waals surface area contributed by atoms with Crippen LogP contribution in [0.4, 0.5) is 0 Å². The molecular formula is C18H14Br2N2O4. The second-order valence-electron chi connectivity index (χ2n) is 5.27. The number of phenolic OH excluding ortho intramolecular Hbond substituents is 1. The molecule has 0 unspecified atom stereocenters. The molecule has 0 radical (unpaired) electrons. The van der Waals surface area contributed by atoms with Crippen LogP contribution in [0.5, 0.6) is 11.5 Å². The highest BCUT2D eigenvalue weighted by Gasteiger charge is 2.12. The normalized spacial score (nSPS) is 11.2. The molecule has 8 heteroatoms. The van der Waals surface area contributed by atoms with E-state index in [1.807, 2.05) is 19.1 Å². The van der Waals surface area contributed by atoms with Crippen molar-refractivity contribution in [3.8, 4) is 11.5 Å². The summed E-state index contributed by atoms with van der Waals surface area (Å²) in [4.78, 5) is 12.2. The van der Waals surface area contributed by atoms with Crippen LogP contribution in [0.1, 0.15) is 23.0 Å². The minimum atomic E-state index is -0.462. The van der Waals surface area contributed by atoms with Crippen LogP contribution in [0, 0.1) is 0 Å². The third-order valence-corrected chi connectivity index (χ3v) is 4.53. The number of aromatic hydroxyl groups is 1. The zero-order valence-corrected chi connectivity index (χ0v) is 16.8. The van der Waals surface area contributed by atoms with Crippen molar-refractivity contribution in [2.45, 2.75) is 6.92 Å². The highest BCUT2D eigenvalue weighted by Crippen LogP contribution is 2.35. The SMILES string of the molecule is CCOc1cc(/C=N/NC(=O)c2cc3cc(Br)ccc3o2)cc(Br)c1O. The van der Waals surface area contributed by atoms with Crippen molar-refractivity contribution in [1.29, 1.82) is 0 Å². The maximum Gasteiger partial charge on any atom is 0.307 e. The average molecular weight is 482 g/mol. The number of carbonyl (C=O) groups is 1. The molecule has 2 N–H and O–H groups in total. The first-order valence-corrected chi connectivity index (χ1v) is 9.24. The van der Waals surface area contributed by atoms with Gasteiger partial charge in [0.15, 0.2) is 17.3 Å². The molecular weight excluding hydrogens is 468 g/mol. The smallest absolute Gasteiger partial charge is 0.307 e. The molecule has 1 aromatic heterocycles. The van der Waals surface area contributed by atoms with E-state index in [2.05, 4.69) is 42.4 Å². The highest BCUT2D eigenvalue weighted by molar-refractivity contribution is 9.10. The van der Waals surface area contributed by atoms with E-state index < -0.39 is 5.91 Å². The van der Waals surface area contributed by atoms with Crippen LogP contribution in [0.2, 0.25) is 0 Å². The fraction of sp³-hybridized carbons (Fsp3) is 0.111. The second-order valence-corrected chi connectivity index (χ2v) is 7.04. The van der Waals surface area contributed by atoms with Crippen LogP contribution in [0.25, 0.3) is 11.0 Å². The van der Waals surface area contributed by atoms with E-state index in [0.29, 0.717) is 28.0 Å². The lowest BCUT2D eigenvalue weighted by Crippen LogP contribution is -2.16. The Hall–Kier alpha value is -2.32. The van der Waals surface area contributed by atoms with Crippen molar-refractivity contribution in [2.75, 3.05) is 6.61 Å². The summed E-state index contributed by atoms with van der Waals surface area (Å²) in [6.45, 7) is 2.24. The van der Waals surface area contributed by atoms with E-state index in [-0.39, 0.29) is 11.5 Å². The molecule has 6 nitrogen and oxygen atoms in total. The van der Waals surface area contributed by atoms with Gasteiger partial charge in [-0.2, -0.15) is 5.10 Å². The molecule has 0 spiro atoms. The number of carbonyl (C=O) groups excluding carboxylic acids is 1. The van der Waals surface area contributed by atoms with Gasteiger partial charge >= 0.3 is 5.91 Å². The number of phenols is 1. The molecule has 3 rings (SSSR count). The van der Waals surface area contributed by atoms with Gasteiger partial charge in [-0.3, -0.25) is 4.79 Å². The third-order valence-electron chi connectivity index (χ3n) is 3.43. The number of hydrogen-bond donors (Lipinski definition) is 2. The van der Waals surface area contributed by atoms with Crippen LogP contribution in [0.15, 0.2) is 54.9 Å². The Morgan fingerprint density at radius 2 is 2.12 bits per heavy atom. The molecule has 0 atom stereocenters. The lowest BCUT2D eigenvalue weighted by Gasteiger charge is -2.08. The molecule has 0 fully saturated rings. The number of hydrogen-bond acceptors (Lipinski definition) is 5. The maximum atomic E-state index is 12.2. The third kappa shape index (κ3) is 4.08. The zero-order valence-electron chi connectivity index (χ0n) is 13.6. The van der Waals surface area contributed by atoms with Gasteiger partial charge in [-0.05, 0) is 64.8 Å². The molecule has 0 bridgehead atoms. The second kappa shape index (κ2) is 7.92. The molecule has 2 aromatic carbocycles. The van der Waals surface area contributed by atoms with E-state index in [0.717, 1.165) is 9.86 Å². The van der Waals surface area contributed by atoms with E-state index in [9.17, 15) is 9.90 Å². The number of nitrogens with one attached hydrogen (secondary N) is 1. The van der Waals surface area contributed by atoms with Crippen molar-refractivity contribution in [3.63, 3.8) is 0 Å². The van der Waals surface area contributed by atoms with Crippen molar-refractivity contribution in [2.24, 2.45) is 5.10 Å². The number of nitrogens with zero attached hydrogens (tertiary/aromatic N) is 1. The maximum absolute atomic E-state index is 12.2. The molecule has 134 valence electrons. The number of amides is 1. The van der Waals surface area contributed by atoms with Crippen molar-refractivity contribution in [3.05, 3.63) is 56.7 Å². The number of halogens is 2. The Morgan fingerprint density at radius 1 is 1.31 bits per heavy atom. The Balaban J connectivity index is 1.74. The molecule has 0 saturated heterocycles. The average Bonchev–Trinajstić information content (AvgIpc) is 3.02. The summed E-state index contributed by atoms with van der Waals surface area (Å²) in [6, 6.07) is 10.4. The van der Waals surface area contributed by atoms with Gasteiger partial charge in [0, 0.05) is 9.86 Å². The largest absolute Gasteiger partial charge is 0.503 e. The van der Waals surface area contributed by atoms with Gasteiger partial charge in [-0.25, -0.2) is 5.43 Å². The summed E-state index contributed by atoms with van der Waals surface area (Å²) in [5.74, 6) is 0.0487. The summed E-state index contributed by atoms with van der Waals surface area (Å²) in [5, 5.41) is 14.6. The minimum Gasteiger partial charge on any atom is -0.503 e. The Labute approximate surface area is 166 Å². The predicted molar refractivity (Wildman–Crippen MR) is 106 cm³/mol. The van der Waals surface area contributed by atoms with Gasteiger partial charge in [-0.1, -0.05) is 15.9 Å². The van der Waals surface area contributed by atoms with Gasteiger partial charge in [0.2, 0.25) is 0 Å². The van der Waals surface area contributed by atoms with Gasteiger partial charge in [-0.15, -0.1) is 0 Å². The number of benzene rings is 2. The Bertz CT molecular complexity index is 998. The summed E-state index contributed by atoms with van der Waals surface area (Å²) in [5.41, 5.74) is 3.68. The van der Waals surface area contributed by atoms with Crippen molar-refractivity contribution < 1.29 is 19.1 Å². The first-order chi connectivity index (χ1) is 12.5. The quantitative estimate of drug-likeness (QED) is 0.404. The lowest BCUT2D eigenvalue weighted by atomic mass is 10.2. The standard InChI is InChI=1S/C18H14Br2N2O4/c1-2-25-15-6-10(5-13(20)17(15)23)9-21-22-18(24)16-8-11-7-12(19)3-4-14(11)26-16/h3-9,23H,2H2,1H3,(H,22,24)/b21-9+. The fourth-order valence-electron chi connectivity index (χ4n) is 2.28. The van der Waals surface area contributed by atoms with E-state index in [4.69, 9.17) is 9.15 Å². The van der Waals surface area contributed by atoms with Gasteiger partial charge < -0.3 is 14.3 Å². The molecule has 3 aromatic rings. The fourth-order valence-corrected chi connectivity index (χ4v) is 3.12. The lowest BCUT2D eigenvalue weighted by molar-refractivity contribution is 0.0929. The van der Waals surface area contributed by atoms with Crippen LogP contribution in [-0.4, -0.2) is 23.8 Å². The van der Waals surface area contributed by atoms with Crippen LogP contribution < -0.4 is 10.2 Å². The zero-order chi connectivity index (χ0) is 18.7. The Kier molecular flexibility index (Phi) is 5.63. The molecule has 0 aliphatic rings. The number of rotatable bonds is 5. The summed E-state index contributed by atoms with van der Waals surface area (Å²) in [6.07, 6.45) is 1.45. The van der Waals surface area contributed by atoms with Gasteiger partial charge in [0.1, 0.15) is 5.58 Å². The summed E-state index contributed by atoms with van der Waals surface area (Å²) < 4.78 is 12.2. The summed E-state index contributed by atoms with van der Waals surface area (Å²) in [7, 11) is 0. The minimum absolute atomic E-state index is 0.0153. The van der Waals surface area contributed by atoms with Crippen molar-refractivity contribution in [1.82, 2.24) is 5.43 Å². The first-order valence-electron chi connectivity index (χ1n) is 7.65.